The maximum atomic E-state index is 13.0. The van der Waals surface area contributed by atoms with Gasteiger partial charge in [-0.25, -0.2) is 4.39 Å². The van der Waals surface area contributed by atoms with Gasteiger partial charge in [-0.15, -0.1) is 0 Å². The third kappa shape index (κ3) is 1.74. The van der Waals surface area contributed by atoms with Gasteiger partial charge in [0.2, 0.25) is 0 Å². The first kappa shape index (κ1) is 8.74. The molecule has 0 aliphatic rings. The van der Waals surface area contributed by atoms with Crippen molar-refractivity contribution >= 4 is 11.5 Å². The monoisotopic (exact) mass is 191 g/mol. The van der Waals surface area contributed by atoms with Gasteiger partial charge < -0.3 is 5.32 Å². The van der Waals surface area contributed by atoms with Crippen LogP contribution in [0.3, 0.4) is 0 Å². The van der Waals surface area contributed by atoms with Gasteiger partial charge in [-0.1, -0.05) is 12.1 Å². The Labute approximate surface area is 81.0 Å². The van der Waals surface area contributed by atoms with Crippen LogP contribution >= 0.6 is 0 Å². The number of rotatable bonds is 2. The van der Waals surface area contributed by atoms with Gasteiger partial charge in [-0.05, 0) is 24.6 Å². The zero-order valence-corrected chi connectivity index (χ0v) is 7.71. The molecule has 0 unspecified atom stereocenters. The normalized spacial score (nSPS) is 10.1. The molecule has 0 atom stereocenters. The van der Waals surface area contributed by atoms with Crippen molar-refractivity contribution in [2.24, 2.45) is 0 Å². The third-order valence-electron chi connectivity index (χ3n) is 1.88. The zero-order chi connectivity index (χ0) is 9.97. The van der Waals surface area contributed by atoms with Crippen LogP contribution < -0.4 is 5.32 Å². The number of anilines is 2. The van der Waals surface area contributed by atoms with Gasteiger partial charge in [-0.3, -0.25) is 5.10 Å². The highest BCUT2D eigenvalue weighted by molar-refractivity contribution is 5.56. The van der Waals surface area contributed by atoms with Crippen LogP contribution in [0.4, 0.5) is 15.9 Å². The summed E-state index contributed by atoms with van der Waals surface area (Å²) in [4.78, 5) is 0. The molecule has 0 spiro atoms. The first-order valence-electron chi connectivity index (χ1n) is 4.28. The number of aromatic nitrogens is 2. The average Bonchev–Trinajstić information content (AvgIpc) is 2.52. The Kier molecular flexibility index (Phi) is 2.18. The van der Waals surface area contributed by atoms with Crippen LogP contribution in [0.25, 0.3) is 0 Å². The lowest BCUT2D eigenvalue weighted by atomic mass is 10.2. The summed E-state index contributed by atoms with van der Waals surface area (Å²) in [5.41, 5.74) is 1.96. The fourth-order valence-corrected chi connectivity index (χ4v) is 1.23. The van der Waals surface area contributed by atoms with E-state index in [0.717, 1.165) is 17.4 Å². The second-order valence-electron chi connectivity index (χ2n) is 3.09. The first-order chi connectivity index (χ1) is 6.75. The number of benzene rings is 1. The highest BCUT2D eigenvalue weighted by Gasteiger charge is 2.03. The molecule has 0 amide bonds. The van der Waals surface area contributed by atoms with E-state index in [4.69, 9.17) is 0 Å². The minimum Gasteiger partial charge on any atom is -0.338 e. The summed E-state index contributed by atoms with van der Waals surface area (Å²) >= 11 is 0. The molecule has 0 bridgehead atoms. The van der Waals surface area contributed by atoms with E-state index in [2.05, 4.69) is 15.5 Å². The smallest absolute Gasteiger partial charge is 0.185 e. The summed E-state index contributed by atoms with van der Waals surface area (Å²) in [6.45, 7) is 1.98. The van der Waals surface area contributed by atoms with E-state index in [9.17, 15) is 4.39 Å². The third-order valence-corrected chi connectivity index (χ3v) is 1.88. The van der Waals surface area contributed by atoms with Crippen molar-refractivity contribution in [3.63, 3.8) is 0 Å². The molecule has 0 aliphatic carbocycles. The Morgan fingerprint density at radius 2 is 2.29 bits per heavy atom. The molecule has 72 valence electrons. The van der Waals surface area contributed by atoms with Gasteiger partial charge in [0, 0.05) is 5.69 Å². The number of aromatic amines is 1. The van der Waals surface area contributed by atoms with Crippen molar-refractivity contribution in [3.8, 4) is 0 Å². The number of H-pyrrole nitrogens is 1. The van der Waals surface area contributed by atoms with Crippen molar-refractivity contribution in [2.45, 2.75) is 6.92 Å². The highest BCUT2D eigenvalue weighted by atomic mass is 19.1. The van der Waals surface area contributed by atoms with Crippen LogP contribution in [0.15, 0.2) is 30.5 Å². The van der Waals surface area contributed by atoms with Crippen molar-refractivity contribution in [2.75, 3.05) is 5.32 Å². The molecule has 0 aliphatic heterocycles. The molecule has 4 heteroatoms. The molecule has 0 fully saturated rings. The maximum Gasteiger partial charge on any atom is 0.185 e. The molecule has 3 nitrogen and oxygen atoms in total. The van der Waals surface area contributed by atoms with E-state index in [1.54, 1.807) is 0 Å². The summed E-state index contributed by atoms with van der Waals surface area (Å²) < 4.78 is 13.0. The van der Waals surface area contributed by atoms with Crippen molar-refractivity contribution in [1.82, 2.24) is 10.2 Å². The minimum absolute atomic E-state index is 0.288. The van der Waals surface area contributed by atoms with Gasteiger partial charge in [-0.2, -0.15) is 5.10 Å². The van der Waals surface area contributed by atoms with Crippen LogP contribution in [0.2, 0.25) is 0 Å². The Balaban J connectivity index is 2.23. The van der Waals surface area contributed by atoms with E-state index in [0.29, 0.717) is 0 Å². The number of hydrogen-bond acceptors (Lipinski definition) is 2. The Bertz CT molecular complexity index is 436. The topological polar surface area (TPSA) is 40.7 Å². The Morgan fingerprint density at radius 3 is 2.93 bits per heavy atom. The first-order valence-corrected chi connectivity index (χ1v) is 4.28. The predicted octanol–water partition coefficient (Wildman–Crippen LogP) is 2.60. The molecule has 14 heavy (non-hydrogen) atoms. The van der Waals surface area contributed by atoms with E-state index < -0.39 is 0 Å². The summed E-state index contributed by atoms with van der Waals surface area (Å²) in [5, 5.41) is 9.02. The maximum absolute atomic E-state index is 13.0. The van der Waals surface area contributed by atoms with Crippen LogP contribution in [0.5, 0.6) is 0 Å². The number of aryl methyl sites for hydroxylation is 1. The molecule has 1 heterocycles. The summed E-state index contributed by atoms with van der Waals surface area (Å²) in [6.07, 6.45) is 1.14. The molecule has 2 rings (SSSR count). The van der Waals surface area contributed by atoms with Crippen molar-refractivity contribution in [3.05, 3.63) is 41.8 Å². The van der Waals surface area contributed by atoms with Crippen LogP contribution in [-0.2, 0) is 0 Å². The lowest BCUT2D eigenvalue weighted by Crippen LogP contribution is -1.92. The molecule has 1 aromatic carbocycles. The largest absolute Gasteiger partial charge is 0.338 e. The SMILES string of the molecule is Cc1cccc(Nc2[nH]ncc2F)c1. The number of halogens is 1. The molecule has 0 saturated heterocycles. The van der Waals surface area contributed by atoms with Gasteiger partial charge in [0.05, 0.1) is 6.20 Å². The van der Waals surface area contributed by atoms with Crippen LogP contribution in [0, 0.1) is 12.7 Å². The quantitative estimate of drug-likeness (QED) is 0.766. The highest BCUT2D eigenvalue weighted by Crippen LogP contribution is 2.17. The predicted molar refractivity (Wildman–Crippen MR) is 53.0 cm³/mol. The second-order valence-corrected chi connectivity index (χ2v) is 3.09. The van der Waals surface area contributed by atoms with Crippen molar-refractivity contribution < 1.29 is 4.39 Å². The molecular weight excluding hydrogens is 181 g/mol. The Morgan fingerprint density at radius 1 is 1.43 bits per heavy atom. The summed E-state index contributed by atoms with van der Waals surface area (Å²) in [7, 11) is 0. The average molecular weight is 191 g/mol. The summed E-state index contributed by atoms with van der Waals surface area (Å²) in [6, 6.07) is 7.69. The number of nitrogens with zero attached hydrogens (tertiary/aromatic N) is 1. The fourth-order valence-electron chi connectivity index (χ4n) is 1.23. The molecule has 2 aromatic rings. The fraction of sp³-hybridized carbons (Fsp3) is 0.100. The molecule has 0 saturated carbocycles. The van der Waals surface area contributed by atoms with Crippen LogP contribution in [0.1, 0.15) is 5.56 Å². The van der Waals surface area contributed by atoms with Gasteiger partial charge in [0.25, 0.3) is 0 Å². The standard InChI is InChI=1S/C10H10FN3/c1-7-3-2-4-8(5-7)13-10-9(11)6-12-14-10/h2-6H,1H3,(H2,12,13,14). The second kappa shape index (κ2) is 3.49. The molecule has 0 radical (unpaired) electrons. The van der Waals surface area contributed by atoms with Gasteiger partial charge >= 0.3 is 0 Å². The zero-order valence-electron chi connectivity index (χ0n) is 7.71. The number of hydrogen-bond donors (Lipinski definition) is 2. The van der Waals surface area contributed by atoms with Gasteiger partial charge in [0.1, 0.15) is 0 Å². The van der Waals surface area contributed by atoms with E-state index in [1.807, 2.05) is 31.2 Å². The lowest BCUT2D eigenvalue weighted by molar-refractivity contribution is 0.632. The Hall–Kier alpha value is -1.84. The van der Waals surface area contributed by atoms with E-state index >= 15 is 0 Å². The van der Waals surface area contributed by atoms with Crippen molar-refractivity contribution in [1.29, 1.82) is 0 Å². The van der Waals surface area contributed by atoms with Gasteiger partial charge in [0.15, 0.2) is 11.6 Å². The molecule has 1 aromatic heterocycles. The molecule has 2 N–H and O–H groups in total. The van der Waals surface area contributed by atoms with Crippen LogP contribution in [-0.4, -0.2) is 10.2 Å². The molecular formula is C10H10FN3. The number of nitrogens with one attached hydrogen (secondary N) is 2. The van der Waals surface area contributed by atoms with E-state index in [-0.39, 0.29) is 11.6 Å². The lowest BCUT2D eigenvalue weighted by Gasteiger charge is -2.03. The minimum atomic E-state index is -0.383. The summed E-state index contributed by atoms with van der Waals surface area (Å²) in [5.74, 6) is -0.0953. The van der Waals surface area contributed by atoms with E-state index in [1.165, 1.54) is 0 Å².